The van der Waals surface area contributed by atoms with Crippen molar-refractivity contribution in [3.05, 3.63) is 35.4 Å². The molecule has 6 heteroatoms. The summed E-state index contributed by atoms with van der Waals surface area (Å²) < 4.78 is 26.0. The molecule has 0 aliphatic carbocycles. The van der Waals surface area contributed by atoms with Gasteiger partial charge in [-0.3, -0.25) is 4.79 Å². The Kier molecular flexibility index (Phi) is 4.45. The fourth-order valence-corrected chi connectivity index (χ4v) is 3.99. The zero-order chi connectivity index (χ0) is 14.8. The molecule has 0 radical (unpaired) electrons. The van der Waals surface area contributed by atoms with Crippen LogP contribution in [0.1, 0.15) is 24.0 Å². The predicted octanol–water partition coefficient (Wildman–Crippen LogP) is 1.62. The monoisotopic (exact) mass is 297 g/mol. The molecule has 20 heavy (non-hydrogen) atoms. The molecule has 1 N–H and O–H groups in total. The minimum Gasteiger partial charge on any atom is -0.481 e. The highest BCUT2D eigenvalue weighted by atomic mass is 32.2. The average molecular weight is 297 g/mol. The van der Waals surface area contributed by atoms with Crippen LogP contribution in [0.5, 0.6) is 0 Å². The molecule has 1 aliphatic heterocycles. The number of piperidine rings is 1. The van der Waals surface area contributed by atoms with E-state index in [0.29, 0.717) is 19.4 Å². The number of sulfonamides is 1. The van der Waals surface area contributed by atoms with Gasteiger partial charge in [-0.1, -0.05) is 29.8 Å². The zero-order valence-electron chi connectivity index (χ0n) is 11.4. The lowest BCUT2D eigenvalue weighted by Gasteiger charge is -2.29. The molecule has 1 fully saturated rings. The third-order valence-corrected chi connectivity index (χ3v) is 5.41. The van der Waals surface area contributed by atoms with E-state index in [1.54, 1.807) is 12.1 Å². The maximum Gasteiger partial charge on any atom is 0.307 e. The van der Waals surface area contributed by atoms with E-state index in [1.165, 1.54) is 4.31 Å². The molecule has 0 saturated carbocycles. The van der Waals surface area contributed by atoms with Gasteiger partial charge in [0.2, 0.25) is 10.0 Å². The number of carbonyl (C=O) groups is 1. The van der Waals surface area contributed by atoms with Crippen LogP contribution in [0.3, 0.4) is 0 Å². The van der Waals surface area contributed by atoms with Gasteiger partial charge in [-0.25, -0.2) is 12.7 Å². The van der Waals surface area contributed by atoms with E-state index in [1.807, 2.05) is 19.1 Å². The maximum absolute atomic E-state index is 12.3. The topological polar surface area (TPSA) is 74.7 Å². The number of hydrogen-bond donors (Lipinski definition) is 1. The molecular formula is C14H19NO4S. The fraction of sp³-hybridized carbons (Fsp3) is 0.500. The van der Waals surface area contributed by atoms with E-state index in [-0.39, 0.29) is 12.3 Å². The van der Waals surface area contributed by atoms with Crippen LogP contribution < -0.4 is 0 Å². The molecule has 1 aliphatic rings. The lowest BCUT2D eigenvalue weighted by Crippen LogP contribution is -2.42. The van der Waals surface area contributed by atoms with Crippen molar-refractivity contribution in [1.82, 2.24) is 4.31 Å². The van der Waals surface area contributed by atoms with E-state index in [2.05, 4.69) is 0 Å². The van der Waals surface area contributed by atoms with Crippen LogP contribution in [0.2, 0.25) is 0 Å². The summed E-state index contributed by atoms with van der Waals surface area (Å²) in [5, 5.41) is 9.02. The lowest BCUT2D eigenvalue weighted by molar-refractivity contribution is -0.142. The quantitative estimate of drug-likeness (QED) is 0.916. The van der Waals surface area contributed by atoms with E-state index in [0.717, 1.165) is 11.1 Å². The Balaban J connectivity index is 2.09. The van der Waals surface area contributed by atoms with E-state index >= 15 is 0 Å². The van der Waals surface area contributed by atoms with E-state index in [9.17, 15) is 13.2 Å². The minimum absolute atomic E-state index is 0.0698. The fourth-order valence-electron chi connectivity index (χ4n) is 2.38. The van der Waals surface area contributed by atoms with Crippen LogP contribution in [-0.2, 0) is 20.6 Å². The Morgan fingerprint density at radius 1 is 1.35 bits per heavy atom. The first-order chi connectivity index (χ1) is 9.38. The van der Waals surface area contributed by atoms with Gasteiger partial charge >= 0.3 is 5.97 Å². The van der Waals surface area contributed by atoms with Gasteiger partial charge in [-0.05, 0) is 25.3 Å². The van der Waals surface area contributed by atoms with Crippen molar-refractivity contribution in [2.24, 2.45) is 5.92 Å². The zero-order valence-corrected chi connectivity index (χ0v) is 12.3. The molecule has 5 nitrogen and oxygen atoms in total. The van der Waals surface area contributed by atoms with Crippen molar-refractivity contribution in [3.63, 3.8) is 0 Å². The highest BCUT2D eigenvalue weighted by Crippen LogP contribution is 2.21. The lowest BCUT2D eigenvalue weighted by atomic mass is 10.0. The number of aryl methyl sites for hydroxylation is 1. The van der Waals surface area contributed by atoms with Gasteiger partial charge in [0, 0.05) is 13.1 Å². The molecule has 1 heterocycles. The summed E-state index contributed by atoms with van der Waals surface area (Å²) in [5.74, 6) is -1.57. The van der Waals surface area contributed by atoms with E-state index < -0.39 is 21.9 Å². The molecule has 2 rings (SSSR count). The SMILES string of the molecule is Cc1ccc(CS(=O)(=O)N2CCCC(C(=O)O)C2)cc1. The van der Waals surface area contributed by atoms with Crippen LogP contribution in [0.15, 0.2) is 24.3 Å². The van der Waals surface area contributed by atoms with Crippen LogP contribution >= 0.6 is 0 Å². The Labute approximate surface area is 119 Å². The molecule has 1 aromatic rings. The molecule has 0 amide bonds. The Morgan fingerprint density at radius 2 is 2.00 bits per heavy atom. The van der Waals surface area contributed by atoms with Crippen LogP contribution in [0.4, 0.5) is 0 Å². The van der Waals surface area contributed by atoms with Crippen molar-refractivity contribution in [2.75, 3.05) is 13.1 Å². The summed E-state index contributed by atoms with van der Waals surface area (Å²) >= 11 is 0. The van der Waals surface area contributed by atoms with Crippen molar-refractivity contribution in [2.45, 2.75) is 25.5 Å². The molecule has 0 bridgehead atoms. The highest BCUT2D eigenvalue weighted by molar-refractivity contribution is 7.88. The third-order valence-electron chi connectivity index (χ3n) is 3.60. The second-order valence-electron chi connectivity index (χ2n) is 5.28. The number of aliphatic carboxylic acids is 1. The van der Waals surface area contributed by atoms with Gasteiger partial charge in [0.05, 0.1) is 11.7 Å². The third kappa shape index (κ3) is 3.58. The summed E-state index contributed by atoms with van der Waals surface area (Å²) in [6.07, 6.45) is 1.15. The number of hydrogen-bond acceptors (Lipinski definition) is 3. The van der Waals surface area contributed by atoms with Crippen LogP contribution in [0, 0.1) is 12.8 Å². The standard InChI is InChI=1S/C14H19NO4S/c1-11-4-6-12(7-5-11)10-20(18,19)15-8-2-3-13(9-15)14(16)17/h4-7,13H,2-3,8-10H2,1H3,(H,16,17). The van der Waals surface area contributed by atoms with Crippen LogP contribution in [0.25, 0.3) is 0 Å². The van der Waals surface area contributed by atoms with Crippen molar-refractivity contribution < 1.29 is 18.3 Å². The predicted molar refractivity (Wildman–Crippen MR) is 75.7 cm³/mol. The smallest absolute Gasteiger partial charge is 0.307 e. The summed E-state index contributed by atoms with van der Waals surface area (Å²) in [6, 6.07) is 7.35. The molecule has 1 saturated heterocycles. The summed E-state index contributed by atoms with van der Waals surface area (Å²) in [6.45, 7) is 2.45. The molecule has 110 valence electrons. The molecular weight excluding hydrogens is 278 g/mol. The van der Waals surface area contributed by atoms with Gasteiger partial charge in [0.25, 0.3) is 0 Å². The Morgan fingerprint density at radius 3 is 2.60 bits per heavy atom. The molecule has 0 aromatic heterocycles. The molecule has 0 spiro atoms. The van der Waals surface area contributed by atoms with Gasteiger partial charge in [-0.2, -0.15) is 0 Å². The van der Waals surface area contributed by atoms with Crippen LogP contribution in [-0.4, -0.2) is 36.9 Å². The number of benzene rings is 1. The van der Waals surface area contributed by atoms with Gasteiger partial charge in [0.1, 0.15) is 0 Å². The molecule has 1 aromatic carbocycles. The second kappa shape index (κ2) is 5.93. The van der Waals surface area contributed by atoms with Gasteiger partial charge in [0.15, 0.2) is 0 Å². The second-order valence-corrected chi connectivity index (χ2v) is 7.25. The number of rotatable bonds is 4. The minimum atomic E-state index is -3.45. The Hall–Kier alpha value is -1.40. The number of nitrogens with zero attached hydrogens (tertiary/aromatic N) is 1. The number of carboxylic acids is 1. The summed E-state index contributed by atoms with van der Waals surface area (Å²) in [5.41, 5.74) is 1.81. The first-order valence-electron chi connectivity index (χ1n) is 6.64. The van der Waals surface area contributed by atoms with Gasteiger partial charge < -0.3 is 5.11 Å². The van der Waals surface area contributed by atoms with Crippen molar-refractivity contribution in [3.8, 4) is 0 Å². The first-order valence-corrected chi connectivity index (χ1v) is 8.25. The maximum atomic E-state index is 12.3. The van der Waals surface area contributed by atoms with Gasteiger partial charge in [-0.15, -0.1) is 0 Å². The van der Waals surface area contributed by atoms with Crippen molar-refractivity contribution in [1.29, 1.82) is 0 Å². The summed E-state index contributed by atoms with van der Waals surface area (Å²) in [4.78, 5) is 11.0. The number of carboxylic acid groups (broad SMARTS) is 1. The summed E-state index contributed by atoms with van der Waals surface area (Å²) in [7, 11) is -3.45. The average Bonchev–Trinajstić information content (AvgIpc) is 2.41. The first kappa shape index (κ1) is 15.0. The molecule has 1 unspecified atom stereocenters. The van der Waals surface area contributed by atoms with E-state index in [4.69, 9.17) is 5.11 Å². The Bertz CT molecular complexity index is 580. The highest BCUT2D eigenvalue weighted by Gasteiger charge is 2.32. The largest absolute Gasteiger partial charge is 0.481 e. The molecule has 1 atom stereocenters. The normalized spacial score (nSPS) is 20.8. The van der Waals surface area contributed by atoms with Crippen molar-refractivity contribution >= 4 is 16.0 Å².